The molecule has 0 aliphatic rings. The Hall–Kier alpha value is -4.00. The Morgan fingerprint density at radius 3 is 2.29 bits per heavy atom. The first-order valence-electron chi connectivity index (χ1n) is 11.3. The number of aliphatic hydroxyl groups is 1. The van der Waals surface area contributed by atoms with E-state index in [1.807, 2.05) is 4.72 Å². The van der Waals surface area contributed by atoms with Crippen LogP contribution in [0.3, 0.4) is 0 Å². The molecule has 0 unspecified atom stereocenters. The van der Waals surface area contributed by atoms with Gasteiger partial charge in [-0.05, 0) is 54.4 Å². The summed E-state index contributed by atoms with van der Waals surface area (Å²) in [6.45, 7) is 0.0895. The van der Waals surface area contributed by atoms with Crippen LogP contribution in [-0.4, -0.2) is 63.0 Å². The van der Waals surface area contributed by atoms with Gasteiger partial charge >= 0.3 is 0 Å². The van der Waals surface area contributed by atoms with Gasteiger partial charge in [0.2, 0.25) is 0 Å². The van der Waals surface area contributed by atoms with E-state index in [4.69, 9.17) is 21.4 Å². The predicted molar refractivity (Wildman–Crippen MR) is 139 cm³/mol. The van der Waals surface area contributed by atoms with Crippen molar-refractivity contribution in [3.05, 3.63) is 88.2 Å². The number of methoxy groups -OCH3 is 1. The maximum Gasteiger partial charge on any atom is 0.269 e. The first-order valence-corrected chi connectivity index (χ1v) is 13.1. The SMILES string of the molecule is COc1ccc(Cl)cc1C(=O)NCCc1ccc(S(=O)(=O)NC(=O)c2ccc(C(=O)NCCO)nc2)cc1. The number of pyridine rings is 1. The zero-order chi connectivity index (χ0) is 27.7. The molecule has 4 N–H and O–H groups in total. The van der Waals surface area contributed by atoms with Gasteiger partial charge in [0.1, 0.15) is 11.4 Å². The summed E-state index contributed by atoms with van der Waals surface area (Å²) in [6.07, 6.45) is 1.50. The first-order chi connectivity index (χ1) is 18.1. The summed E-state index contributed by atoms with van der Waals surface area (Å²) in [5, 5.41) is 14.3. The number of carbonyl (C=O) groups is 3. The fraction of sp³-hybridized carbons (Fsp3) is 0.200. The first kappa shape index (κ1) is 28.6. The van der Waals surface area contributed by atoms with Gasteiger partial charge in [-0.1, -0.05) is 23.7 Å². The van der Waals surface area contributed by atoms with Gasteiger partial charge < -0.3 is 20.5 Å². The molecule has 0 saturated carbocycles. The summed E-state index contributed by atoms with van der Waals surface area (Å²) >= 11 is 5.96. The van der Waals surface area contributed by atoms with Crippen LogP contribution in [0.5, 0.6) is 5.75 Å². The molecule has 13 heteroatoms. The second-order valence-electron chi connectivity index (χ2n) is 7.84. The highest BCUT2D eigenvalue weighted by atomic mass is 35.5. The summed E-state index contributed by atoms with van der Waals surface area (Å²) in [4.78, 5) is 40.4. The molecule has 0 saturated heterocycles. The highest BCUT2D eigenvalue weighted by Crippen LogP contribution is 2.22. The third kappa shape index (κ3) is 7.51. The van der Waals surface area contributed by atoms with Gasteiger partial charge in [0.15, 0.2) is 0 Å². The van der Waals surface area contributed by atoms with Crippen LogP contribution in [-0.2, 0) is 16.4 Å². The predicted octanol–water partition coefficient (Wildman–Crippen LogP) is 1.56. The Kier molecular flexibility index (Phi) is 9.77. The number of aliphatic hydroxyl groups excluding tert-OH is 1. The molecule has 0 bridgehead atoms. The standard InChI is InChI=1S/C25H25ClN4O7S/c1-37-22-9-5-18(26)14-20(22)24(33)27-11-10-16-2-6-19(7-3-16)38(35,36)30-23(32)17-4-8-21(29-15-17)25(34)28-12-13-31/h2-9,14-15,31H,10-13H2,1H3,(H,27,33)(H,28,34)(H,30,32). The minimum atomic E-state index is -4.18. The molecule has 0 aliphatic heterocycles. The van der Waals surface area contributed by atoms with E-state index in [-0.39, 0.29) is 41.8 Å². The van der Waals surface area contributed by atoms with Crippen molar-refractivity contribution in [1.29, 1.82) is 0 Å². The Morgan fingerprint density at radius 2 is 1.66 bits per heavy atom. The fourth-order valence-electron chi connectivity index (χ4n) is 3.27. The van der Waals surface area contributed by atoms with E-state index in [0.29, 0.717) is 22.8 Å². The molecular formula is C25H25ClN4O7S. The van der Waals surface area contributed by atoms with Gasteiger partial charge in [-0.2, -0.15) is 0 Å². The molecule has 3 aromatic rings. The van der Waals surface area contributed by atoms with Crippen LogP contribution in [0.1, 0.15) is 36.8 Å². The quantitative estimate of drug-likeness (QED) is 0.274. The number of halogens is 1. The lowest BCUT2D eigenvalue weighted by atomic mass is 10.1. The van der Waals surface area contributed by atoms with Crippen LogP contribution < -0.4 is 20.1 Å². The molecule has 3 amide bonds. The molecule has 11 nitrogen and oxygen atoms in total. The van der Waals surface area contributed by atoms with E-state index in [1.165, 1.54) is 37.4 Å². The van der Waals surface area contributed by atoms with Crippen LogP contribution in [0.25, 0.3) is 0 Å². The molecule has 0 radical (unpaired) electrons. The fourth-order valence-corrected chi connectivity index (χ4v) is 4.42. The summed E-state index contributed by atoms with van der Waals surface area (Å²) in [6, 6.07) is 13.1. The Labute approximate surface area is 224 Å². The minimum Gasteiger partial charge on any atom is -0.496 e. The van der Waals surface area contributed by atoms with E-state index < -0.39 is 21.8 Å². The van der Waals surface area contributed by atoms with Gasteiger partial charge in [0.05, 0.1) is 29.7 Å². The number of hydrogen-bond donors (Lipinski definition) is 4. The van der Waals surface area contributed by atoms with Gasteiger partial charge in [-0.25, -0.2) is 13.1 Å². The number of nitrogens with one attached hydrogen (secondary N) is 3. The van der Waals surface area contributed by atoms with Gasteiger partial charge in [-0.15, -0.1) is 0 Å². The molecular weight excluding hydrogens is 536 g/mol. The molecule has 0 spiro atoms. The van der Waals surface area contributed by atoms with Crippen LogP contribution in [0.2, 0.25) is 5.02 Å². The van der Waals surface area contributed by atoms with Crippen LogP contribution in [0, 0.1) is 0 Å². The van der Waals surface area contributed by atoms with Gasteiger partial charge in [0.25, 0.3) is 27.7 Å². The maximum absolute atomic E-state index is 12.6. The summed E-state index contributed by atoms with van der Waals surface area (Å²) < 4.78 is 32.4. The lowest BCUT2D eigenvalue weighted by Gasteiger charge is -2.10. The lowest BCUT2D eigenvalue weighted by molar-refractivity contribution is 0.0934. The average molecular weight is 561 g/mol. The van der Waals surface area contributed by atoms with Crippen molar-refractivity contribution in [1.82, 2.24) is 20.3 Å². The van der Waals surface area contributed by atoms with E-state index in [9.17, 15) is 22.8 Å². The van der Waals surface area contributed by atoms with E-state index in [1.54, 1.807) is 24.3 Å². The summed E-state index contributed by atoms with van der Waals surface area (Å²) in [7, 11) is -2.72. The summed E-state index contributed by atoms with van der Waals surface area (Å²) in [5.41, 5.74) is 1.01. The largest absolute Gasteiger partial charge is 0.496 e. The third-order valence-electron chi connectivity index (χ3n) is 5.22. The van der Waals surface area contributed by atoms with Crippen molar-refractivity contribution in [3.63, 3.8) is 0 Å². The average Bonchev–Trinajstić information content (AvgIpc) is 2.91. The molecule has 2 aromatic carbocycles. The summed E-state index contributed by atoms with van der Waals surface area (Å²) in [5.74, 6) is -1.43. The Bertz CT molecular complexity index is 1410. The monoisotopic (exact) mass is 560 g/mol. The number of nitrogens with zero attached hydrogens (tertiary/aromatic N) is 1. The van der Waals surface area contributed by atoms with Crippen molar-refractivity contribution < 1.29 is 32.6 Å². The smallest absolute Gasteiger partial charge is 0.269 e. The number of benzene rings is 2. The zero-order valence-electron chi connectivity index (χ0n) is 20.2. The molecule has 0 fully saturated rings. The second-order valence-corrected chi connectivity index (χ2v) is 9.96. The van der Waals surface area contributed by atoms with Crippen molar-refractivity contribution >= 4 is 39.3 Å². The van der Waals surface area contributed by atoms with Crippen molar-refractivity contribution in [2.24, 2.45) is 0 Å². The number of aromatic nitrogens is 1. The molecule has 200 valence electrons. The third-order valence-corrected chi connectivity index (χ3v) is 6.80. The molecule has 0 atom stereocenters. The molecule has 3 rings (SSSR count). The van der Waals surface area contributed by atoms with Gasteiger partial charge in [0, 0.05) is 24.3 Å². The second kappa shape index (κ2) is 13.0. The zero-order valence-corrected chi connectivity index (χ0v) is 21.8. The topological polar surface area (TPSA) is 164 Å². The lowest BCUT2D eigenvalue weighted by Crippen LogP contribution is -2.31. The highest BCUT2D eigenvalue weighted by Gasteiger charge is 2.20. The maximum atomic E-state index is 12.6. The van der Waals surface area contributed by atoms with E-state index >= 15 is 0 Å². The van der Waals surface area contributed by atoms with E-state index in [2.05, 4.69) is 15.6 Å². The van der Waals surface area contributed by atoms with Crippen LogP contribution >= 0.6 is 11.6 Å². The number of sulfonamides is 1. The number of amides is 3. The molecule has 0 aliphatic carbocycles. The molecule has 1 heterocycles. The molecule has 38 heavy (non-hydrogen) atoms. The van der Waals surface area contributed by atoms with Crippen LogP contribution in [0.15, 0.2) is 65.7 Å². The van der Waals surface area contributed by atoms with E-state index in [0.717, 1.165) is 11.8 Å². The van der Waals surface area contributed by atoms with Crippen molar-refractivity contribution in [2.45, 2.75) is 11.3 Å². The van der Waals surface area contributed by atoms with Crippen molar-refractivity contribution in [2.75, 3.05) is 26.8 Å². The van der Waals surface area contributed by atoms with Gasteiger partial charge in [-0.3, -0.25) is 19.4 Å². The minimum absolute atomic E-state index is 0.0105. The van der Waals surface area contributed by atoms with Crippen LogP contribution in [0.4, 0.5) is 0 Å². The normalized spacial score (nSPS) is 10.9. The number of ether oxygens (including phenoxy) is 1. The van der Waals surface area contributed by atoms with Crippen molar-refractivity contribution in [3.8, 4) is 5.75 Å². The number of rotatable bonds is 11. The molecule has 1 aromatic heterocycles. The number of carbonyl (C=O) groups excluding carboxylic acids is 3. The highest BCUT2D eigenvalue weighted by molar-refractivity contribution is 7.90. The Morgan fingerprint density at radius 1 is 0.947 bits per heavy atom. The Balaban J connectivity index is 1.56. The number of hydrogen-bond acceptors (Lipinski definition) is 8.